The van der Waals surface area contributed by atoms with Gasteiger partial charge in [0.15, 0.2) is 4.33 Å². The SMILES string of the molecule is O=S1OCC2C(CO1)C1(Cl)C(Cl)=C(Cl)C2(Cl)C1(Cl)Cl.[Ni]. The van der Waals surface area contributed by atoms with Gasteiger partial charge in [-0.1, -0.05) is 46.4 Å². The molecule has 1 aliphatic heterocycles. The van der Waals surface area contributed by atoms with Gasteiger partial charge in [-0.3, -0.25) is 8.37 Å². The summed E-state index contributed by atoms with van der Waals surface area (Å²) in [5, 5.41) is 0.210. The Morgan fingerprint density at radius 1 is 0.950 bits per heavy atom. The average molecular weight is 466 g/mol. The number of hydrogen-bond donors (Lipinski definition) is 0. The van der Waals surface area contributed by atoms with Crippen LogP contribution in [0.3, 0.4) is 0 Å². The largest absolute Gasteiger partial charge is 0.304 e. The fourth-order valence-corrected chi connectivity index (χ4v) is 6.60. The van der Waals surface area contributed by atoms with E-state index in [9.17, 15) is 4.21 Å². The van der Waals surface area contributed by atoms with Crippen LogP contribution in [-0.2, 0) is 36.2 Å². The van der Waals surface area contributed by atoms with Crippen molar-refractivity contribution in [2.45, 2.75) is 14.1 Å². The maximum absolute atomic E-state index is 11.3. The summed E-state index contributed by atoms with van der Waals surface area (Å²) in [5.74, 6) is -0.911. The summed E-state index contributed by atoms with van der Waals surface area (Å²) in [6.45, 7) is 0.0215. The zero-order valence-corrected chi connectivity index (χ0v) is 15.6. The molecule has 1 saturated heterocycles. The summed E-state index contributed by atoms with van der Waals surface area (Å²) >= 11 is 36.4. The van der Waals surface area contributed by atoms with Gasteiger partial charge in [0.25, 0.3) is 0 Å². The van der Waals surface area contributed by atoms with Gasteiger partial charge >= 0.3 is 11.4 Å². The first-order valence-corrected chi connectivity index (χ1v) is 8.46. The molecule has 0 aromatic rings. The summed E-state index contributed by atoms with van der Waals surface area (Å²) in [5.41, 5.74) is 0. The Morgan fingerprint density at radius 3 is 1.65 bits per heavy atom. The van der Waals surface area contributed by atoms with Gasteiger partial charge in [-0.25, -0.2) is 0 Å². The van der Waals surface area contributed by atoms with Crippen LogP contribution in [0.4, 0.5) is 0 Å². The average Bonchev–Trinajstić information content (AvgIpc) is 2.54. The van der Waals surface area contributed by atoms with Gasteiger partial charge in [0.05, 0.1) is 23.3 Å². The second-order valence-electron chi connectivity index (χ2n) is 4.61. The smallest absolute Gasteiger partial charge is 0.268 e. The Kier molecular flexibility index (Phi) is 5.10. The van der Waals surface area contributed by atoms with Crippen LogP contribution in [0.25, 0.3) is 0 Å². The van der Waals surface area contributed by atoms with Crippen molar-refractivity contribution in [2.75, 3.05) is 13.2 Å². The van der Waals surface area contributed by atoms with Crippen molar-refractivity contribution < 1.29 is 29.1 Å². The van der Waals surface area contributed by atoms with E-state index >= 15 is 0 Å². The fraction of sp³-hybridized carbons (Fsp3) is 0.778. The predicted molar refractivity (Wildman–Crippen MR) is 77.4 cm³/mol. The molecule has 0 aromatic heterocycles. The first-order chi connectivity index (χ1) is 8.69. The van der Waals surface area contributed by atoms with Crippen LogP contribution in [0.1, 0.15) is 0 Å². The van der Waals surface area contributed by atoms with Crippen LogP contribution in [0.5, 0.6) is 0 Å². The Labute approximate surface area is 158 Å². The number of alkyl halides is 4. The van der Waals surface area contributed by atoms with Crippen LogP contribution in [0.15, 0.2) is 10.1 Å². The molecular weight excluding hydrogens is 460 g/mol. The van der Waals surface area contributed by atoms with E-state index < -0.39 is 37.3 Å². The van der Waals surface area contributed by atoms with Crippen molar-refractivity contribution in [1.29, 1.82) is 0 Å². The quantitative estimate of drug-likeness (QED) is 0.404. The Morgan fingerprint density at radius 2 is 1.30 bits per heavy atom. The van der Waals surface area contributed by atoms with E-state index in [4.69, 9.17) is 78.0 Å². The molecule has 4 unspecified atom stereocenters. The number of hydrogen-bond acceptors (Lipinski definition) is 3. The molecule has 0 spiro atoms. The van der Waals surface area contributed by atoms with E-state index in [1.54, 1.807) is 0 Å². The van der Waals surface area contributed by atoms with Crippen molar-refractivity contribution in [1.82, 2.24) is 0 Å². The van der Waals surface area contributed by atoms with Crippen LogP contribution in [0, 0.1) is 11.8 Å². The van der Waals surface area contributed by atoms with Crippen LogP contribution < -0.4 is 0 Å². The molecule has 0 radical (unpaired) electrons. The van der Waals surface area contributed by atoms with Crippen molar-refractivity contribution >= 4 is 81.0 Å². The van der Waals surface area contributed by atoms with Crippen molar-refractivity contribution in [3.05, 3.63) is 10.1 Å². The van der Waals surface area contributed by atoms with Gasteiger partial charge in [-0.05, 0) is 0 Å². The Bertz CT molecular complexity index is 476. The maximum atomic E-state index is 11.3. The molecule has 3 nitrogen and oxygen atoms in total. The molecular formula is C9H6Cl6NiO3S. The number of fused-ring (bicyclic) bond motifs is 5. The minimum atomic E-state index is -1.86. The van der Waals surface area contributed by atoms with Crippen LogP contribution in [-0.4, -0.2) is 31.5 Å². The molecule has 2 bridgehead atoms. The topological polar surface area (TPSA) is 35.5 Å². The molecule has 0 amide bonds. The zero-order valence-electron chi connectivity index (χ0n) is 9.29. The standard InChI is InChI=1S/C9H6Cl6O3S.Ni/c10-5-6(11)8(13)4-2-18-19(16)17-1-3(4)7(5,12)9(8,14)15;/h3-4H,1-2H2;. The van der Waals surface area contributed by atoms with Gasteiger partial charge in [-0.2, -0.15) is 4.21 Å². The van der Waals surface area contributed by atoms with E-state index in [2.05, 4.69) is 0 Å². The minimum absolute atomic E-state index is 0. The molecule has 0 aromatic carbocycles. The van der Waals surface area contributed by atoms with Crippen molar-refractivity contribution in [3.63, 3.8) is 0 Å². The molecule has 20 heavy (non-hydrogen) atoms. The Hall–Kier alpha value is 2.04. The first kappa shape index (κ1) is 18.4. The van der Waals surface area contributed by atoms with Gasteiger partial charge < -0.3 is 0 Å². The number of rotatable bonds is 0. The summed E-state index contributed by atoms with van der Waals surface area (Å²) in [6, 6.07) is 0. The molecule has 2 aliphatic carbocycles. The summed E-state index contributed by atoms with van der Waals surface area (Å²) in [7, 11) is 0. The number of allylic oxidation sites excluding steroid dienone is 2. The second-order valence-corrected chi connectivity index (χ2v) is 8.77. The molecule has 3 rings (SSSR count). The van der Waals surface area contributed by atoms with Crippen LogP contribution >= 0.6 is 69.6 Å². The minimum Gasteiger partial charge on any atom is -0.268 e. The normalized spacial score (nSPS) is 49.6. The van der Waals surface area contributed by atoms with Gasteiger partial charge in [0.1, 0.15) is 9.75 Å². The van der Waals surface area contributed by atoms with Crippen molar-refractivity contribution in [3.8, 4) is 0 Å². The van der Waals surface area contributed by atoms with Gasteiger partial charge in [0.2, 0.25) is 0 Å². The maximum Gasteiger partial charge on any atom is 0.304 e. The van der Waals surface area contributed by atoms with E-state index in [1.165, 1.54) is 0 Å². The molecule has 11 heteroatoms. The number of halogens is 6. The third-order valence-electron chi connectivity index (χ3n) is 3.94. The predicted octanol–water partition coefficient (Wildman–Crippen LogP) is 3.69. The van der Waals surface area contributed by atoms with E-state index in [0.717, 1.165) is 0 Å². The molecule has 1 saturated carbocycles. The summed E-state index contributed by atoms with van der Waals surface area (Å²) in [6.07, 6.45) is 0. The summed E-state index contributed by atoms with van der Waals surface area (Å²) in [4.78, 5) is -2.78. The molecule has 118 valence electrons. The van der Waals surface area contributed by atoms with Crippen molar-refractivity contribution in [2.24, 2.45) is 11.8 Å². The van der Waals surface area contributed by atoms with Crippen LogP contribution in [0.2, 0.25) is 0 Å². The van der Waals surface area contributed by atoms with E-state index in [-0.39, 0.29) is 39.8 Å². The first-order valence-electron chi connectivity index (χ1n) is 5.19. The van der Waals surface area contributed by atoms with Gasteiger partial charge in [0, 0.05) is 28.3 Å². The third-order valence-corrected chi connectivity index (χ3v) is 8.95. The second kappa shape index (κ2) is 5.55. The monoisotopic (exact) mass is 462 g/mol. The Balaban J connectivity index is 0.00000147. The third kappa shape index (κ3) is 1.89. The van der Waals surface area contributed by atoms with Gasteiger partial charge in [-0.15, -0.1) is 23.2 Å². The van der Waals surface area contributed by atoms with E-state index in [0.29, 0.717) is 0 Å². The molecule has 3 aliphatic rings. The molecule has 2 fully saturated rings. The molecule has 4 atom stereocenters. The zero-order chi connectivity index (χ0) is 14.2. The van der Waals surface area contributed by atoms with E-state index in [1.807, 2.05) is 0 Å². The molecule has 1 heterocycles. The summed E-state index contributed by atoms with van der Waals surface area (Å²) < 4.78 is 19.7. The molecule has 0 N–H and O–H groups in total. The fourth-order valence-electron chi connectivity index (χ4n) is 2.96.